The maximum Gasteiger partial charge on any atom is 0.248 e. The smallest absolute Gasteiger partial charge is 0.248 e. The number of amides is 1. The normalized spacial score (nSPS) is 12.7. The average Bonchev–Trinajstić information content (AvgIpc) is 2.38. The quantitative estimate of drug-likeness (QED) is 0.707. The first-order valence-electron chi connectivity index (χ1n) is 5.76. The van der Waals surface area contributed by atoms with Gasteiger partial charge in [-0.25, -0.2) is 0 Å². The van der Waals surface area contributed by atoms with E-state index in [1.165, 1.54) is 0 Å². The van der Waals surface area contributed by atoms with Crippen molar-refractivity contribution >= 4 is 5.91 Å². The molecule has 18 heavy (non-hydrogen) atoms. The van der Waals surface area contributed by atoms with Crippen LogP contribution in [-0.4, -0.2) is 32.5 Å². The van der Waals surface area contributed by atoms with Gasteiger partial charge in [0.1, 0.15) is 0 Å². The Labute approximate surface area is 107 Å². The zero-order chi connectivity index (χ0) is 13.5. The van der Waals surface area contributed by atoms with Gasteiger partial charge < -0.3 is 20.5 Å². The second kappa shape index (κ2) is 7.10. The third-order valence-corrected chi connectivity index (χ3v) is 2.71. The summed E-state index contributed by atoms with van der Waals surface area (Å²) in [6.07, 6.45) is -0.302. The van der Waals surface area contributed by atoms with Crippen LogP contribution in [0.2, 0.25) is 0 Å². The minimum absolute atomic E-state index is 0.0391. The van der Waals surface area contributed by atoms with E-state index in [1.807, 2.05) is 19.1 Å². The first kappa shape index (κ1) is 14.6. The molecule has 0 radical (unpaired) electrons. The highest BCUT2D eigenvalue weighted by atomic mass is 16.7. The summed E-state index contributed by atoms with van der Waals surface area (Å²) in [6.45, 7) is 2.58. The van der Waals surface area contributed by atoms with Crippen molar-refractivity contribution in [2.24, 2.45) is 5.73 Å². The fourth-order valence-electron chi connectivity index (χ4n) is 1.71. The molecule has 5 heteroatoms. The number of carbonyl (C=O) groups is 1. The largest absolute Gasteiger partial charge is 0.366 e. The van der Waals surface area contributed by atoms with Crippen molar-refractivity contribution in [3.05, 3.63) is 35.4 Å². The second-order valence-corrected chi connectivity index (χ2v) is 4.07. The number of carbonyl (C=O) groups excluding carboxylic acids is 1. The molecule has 1 rings (SSSR count). The molecule has 0 aliphatic carbocycles. The standard InChI is InChI=1S/C13H20N2O3/c1-9(13(17-2)18-3)15-8-10-5-4-6-11(7-10)12(14)16/h4-7,9,13,15H,8H2,1-3H3,(H2,14,16). The second-order valence-electron chi connectivity index (χ2n) is 4.07. The van der Waals surface area contributed by atoms with E-state index >= 15 is 0 Å². The van der Waals surface area contributed by atoms with Gasteiger partial charge in [-0.1, -0.05) is 12.1 Å². The van der Waals surface area contributed by atoms with Crippen molar-refractivity contribution in [3.8, 4) is 0 Å². The van der Waals surface area contributed by atoms with E-state index in [0.717, 1.165) is 5.56 Å². The van der Waals surface area contributed by atoms with E-state index < -0.39 is 5.91 Å². The maximum atomic E-state index is 11.1. The lowest BCUT2D eigenvalue weighted by Gasteiger charge is -2.22. The number of methoxy groups -OCH3 is 2. The van der Waals surface area contributed by atoms with Crippen molar-refractivity contribution in [1.29, 1.82) is 0 Å². The molecule has 0 fully saturated rings. The zero-order valence-electron chi connectivity index (χ0n) is 11.0. The number of nitrogens with one attached hydrogen (secondary N) is 1. The maximum absolute atomic E-state index is 11.1. The molecule has 0 spiro atoms. The molecule has 1 amide bonds. The Morgan fingerprint density at radius 2 is 2.06 bits per heavy atom. The van der Waals surface area contributed by atoms with Crippen LogP contribution in [0.4, 0.5) is 0 Å². The molecule has 0 heterocycles. The van der Waals surface area contributed by atoms with Crippen LogP contribution >= 0.6 is 0 Å². The summed E-state index contributed by atoms with van der Waals surface area (Å²) in [6, 6.07) is 7.25. The first-order valence-corrected chi connectivity index (χ1v) is 5.76. The van der Waals surface area contributed by atoms with Gasteiger partial charge in [0.05, 0.1) is 6.04 Å². The molecule has 0 saturated carbocycles. The molecule has 100 valence electrons. The van der Waals surface area contributed by atoms with Crippen molar-refractivity contribution in [2.45, 2.75) is 25.8 Å². The molecule has 0 aliphatic heterocycles. The lowest BCUT2D eigenvalue weighted by molar-refractivity contribution is -0.119. The molecule has 0 aliphatic rings. The predicted octanol–water partition coefficient (Wildman–Crippen LogP) is 0.883. The highest BCUT2D eigenvalue weighted by molar-refractivity contribution is 5.92. The van der Waals surface area contributed by atoms with Crippen molar-refractivity contribution in [1.82, 2.24) is 5.32 Å². The molecule has 1 aromatic rings. The van der Waals surface area contributed by atoms with Gasteiger partial charge in [-0.15, -0.1) is 0 Å². The molecular weight excluding hydrogens is 232 g/mol. The summed E-state index contributed by atoms with van der Waals surface area (Å²) in [4.78, 5) is 11.1. The van der Waals surface area contributed by atoms with Gasteiger partial charge in [0, 0.05) is 26.3 Å². The number of hydrogen-bond donors (Lipinski definition) is 2. The highest BCUT2D eigenvalue weighted by Gasteiger charge is 2.14. The van der Waals surface area contributed by atoms with E-state index in [4.69, 9.17) is 15.2 Å². The van der Waals surface area contributed by atoms with Crippen molar-refractivity contribution in [2.75, 3.05) is 14.2 Å². The third-order valence-electron chi connectivity index (χ3n) is 2.71. The number of ether oxygens (including phenoxy) is 2. The van der Waals surface area contributed by atoms with Gasteiger partial charge in [-0.05, 0) is 24.6 Å². The van der Waals surface area contributed by atoms with Gasteiger partial charge in [0.25, 0.3) is 0 Å². The molecule has 5 nitrogen and oxygen atoms in total. The Kier molecular flexibility index (Phi) is 5.77. The number of rotatable bonds is 7. The highest BCUT2D eigenvalue weighted by Crippen LogP contribution is 2.06. The topological polar surface area (TPSA) is 73.6 Å². The molecule has 0 aromatic heterocycles. The minimum Gasteiger partial charge on any atom is -0.366 e. The van der Waals surface area contributed by atoms with E-state index in [0.29, 0.717) is 12.1 Å². The Morgan fingerprint density at radius 3 is 2.61 bits per heavy atom. The van der Waals surface area contributed by atoms with Gasteiger partial charge >= 0.3 is 0 Å². The Balaban J connectivity index is 2.58. The molecule has 1 atom stereocenters. The SMILES string of the molecule is COC(OC)C(C)NCc1cccc(C(N)=O)c1. The van der Waals surface area contributed by atoms with Crippen molar-refractivity contribution < 1.29 is 14.3 Å². The fraction of sp³-hybridized carbons (Fsp3) is 0.462. The van der Waals surface area contributed by atoms with E-state index in [9.17, 15) is 4.79 Å². The number of nitrogens with two attached hydrogens (primary N) is 1. The lowest BCUT2D eigenvalue weighted by Crippen LogP contribution is -2.39. The molecule has 3 N–H and O–H groups in total. The number of primary amides is 1. The Hall–Kier alpha value is -1.43. The van der Waals surface area contributed by atoms with Gasteiger partial charge in [-0.3, -0.25) is 4.79 Å². The zero-order valence-corrected chi connectivity index (χ0v) is 11.0. The van der Waals surface area contributed by atoms with Crippen LogP contribution in [0.3, 0.4) is 0 Å². The molecule has 1 unspecified atom stereocenters. The predicted molar refractivity (Wildman–Crippen MR) is 69.1 cm³/mol. The summed E-state index contributed by atoms with van der Waals surface area (Å²) in [7, 11) is 3.19. The van der Waals surface area contributed by atoms with Crippen LogP contribution in [0.5, 0.6) is 0 Å². The van der Waals surface area contributed by atoms with Gasteiger partial charge in [0.15, 0.2) is 6.29 Å². The van der Waals surface area contributed by atoms with Crippen LogP contribution in [0.1, 0.15) is 22.8 Å². The lowest BCUT2D eigenvalue weighted by atomic mass is 10.1. The Bertz CT molecular complexity index is 392. The van der Waals surface area contributed by atoms with Gasteiger partial charge in [-0.2, -0.15) is 0 Å². The van der Waals surface area contributed by atoms with E-state index in [1.54, 1.807) is 26.4 Å². The molecule has 0 bridgehead atoms. The van der Waals surface area contributed by atoms with Crippen molar-refractivity contribution in [3.63, 3.8) is 0 Å². The molecular formula is C13H20N2O3. The van der Waals surface area contributed by atoms with Crippen LogP contribution in [0, 0.1) is 0 Å². The average molecular weight is 252 g/mol. The molecule has 1 aromatic carbocycles. The molecule has 0 saturated heterocycles. The van der Waals surface area contributed by atoms with Gasteiger partial charge in [0.2, 0.25) is 5.91 Å². The third kappa shape index (κ3) is 4.10. The van der Waals surface area contributed by atoms with Crippen LogP contribution in [-0.2, 0) is 16.0 Å². The van der Waals surface area contributed by atoms with E-state index in [-0.39, 0.29) is 12.3 Å². The fourth-order valence-corrected chi connectivity index (χ4v) is 1.71. The first-order chi connectivity index (χ1) is 8.58. The monoisotopic (exact) mass is 252 g/mol. The summed E-state index contributed by atoms with van der Waals surface area (Å²) < 4.78 is 10.3. The van der Waals surface area contributed by atoms with Crippen LogP contribution in [0.15, 0.2) is 24.3 Å². The van der Waals surface area contributed by atoms with Crippen LogP contribution in [0.25, 0.3) is 0 Å². The Morgan fingerprint density at radius 1 is 1.39 bits per heavy atom. The van der Waals surface area contributed by atoms with E-state index in [2.05, 4.69) is 5.32 Å². The number of hydrogen-bond acceptors (Lipinski definition) is 4. The summed E-state index contributed by atoms with van der Waals surface area (Å²) in [5.41, 5.74) is 6.73. The summed E-state index contributed by atoms with van der Waals surface area (Å²) in [5.74, 6) is -0.420. The number of benzene rings is 1. The summed E-state index contributed by atoms with van der Waals surface area (Å²) in [5, 5.41) is 3.26. The summed E-state index contributed by atoms with van der Waals surface area (Å²) >= 11 is 0. The van der Waals surface area contributed by atoms with Crippen LogP contribution < -0.4 is 11.1 Å². The minimum atomic E-state index is -0.420.